The number of hydrogen-bond acceptors (Lipinski definition) is 5. The van der Waals surface area contributed by atoms with Gasteiger partial charge in [-0.25, -0.2) is 4.79 Å². The maximum absolute atomic E-state index is 13.1. The minimum atomic E-state index is -0.570. The van der Waals surface area contributed by atoms with E-state index in [0.717, 1.165) is 35.5 Å². The second-order valence-corrected chi connectivity index (χ2v) is 8.51. The molecule has 0 saturated carbocycles. The summed E-state index contributed by atoms with van der Waals surface area (Å²) >= 11 is 1.64. The number of nitrogens with zero attached hydrogens (tertiary/aromatic N) is 1. The summed E-state index contributed by atoms with van der Waals surface area (Å²) in [5.41, 5.74) is 1.21. The van der Waals surface area contributed by atoms with Crippen LogP contribution in [0.15, 0.2) is 99.9 Å². The van der Waals surface area contributed by atoms with Crippen molar-refractivity contribution in [1.29, 1.82) is 0 Å². The number of benzene rings is 3. The predicted octanol–water partition coefficient (Wildman–Crippen LogP) is 8.23. The molecular weight excluding hydrogens is 442 g/mol. The summed E-state index contributed by atoms with van der Waals surface area (Å²) in [7, 11) is 0. The van der Waals surface area contributed by atoms with Crippen LogP contribution in [0.5, 0.6) is 0 Å². The monoisotopic (exact) mass is 475 g/mol. The molecule has 0 heterocycles. The van der Waals surface area contributed by atoms with Crippen molar-refractivity contribution in [3.63, 3.8) is 0 Å². The average molecular weight is 476 g/mol. The summed E-state index contributed by atoms with van der Waals surface area (Å²) in [5, 5.41) is 3.98. The minimum absolute atomic E-state index is 0.210. The number of rotatable bonds is 11. The summed E-state index contributed by atoms with van der Waals surface area (Å²) in [6.07, 6.45) is 4.49. The molecular formula is C29H33NO3S. The Morgan fingerprint density at radius 3 is 1.94 bits per heavy atom. The van der Waals surface area contributed by atoms with E-state index < -0.39 is 5.97 Å². The molecule has 3 aromatic carbocycles. The lowest BCUT2D eigenvalue weighted by Crippen LogP contribution is -2.16. The smallest absolute Gasteiger partial charge is 0.312 e. The first-order valence-electron chi connectivity index (χ1n) is 11.9. The van der Waals surface area contributed by atoms with Crippen LogP contribution in [0.25, 0.3) is 0 Å². The number of unbranched alkanes of at least 4 members (excludes halogenated alkanes) is 3. The van der Waals surface area contributed by atoms with Crippen molar-refractivity contribution in [1.82, 2.24) is 0 Å². The number of Topliss-reactive ketones (excluding diaryl/α,β-unsaturated/α-hetero) is 1. The lowest BCUT2D eigenvalue weighted by molar-refractivity contribution is 0.0514. The van der Waals surface area contributed by atoms with E-state index >= 15 is 0 Å². The molecule has 0 aliphatic heterocycles. The number of hydrogen-bond donors (Lipinski definition) is 0. The second kappa shape index (κ2) is 15.6. The van der Waals surface area contributed by atoms with Crippen LogP contribution in [0.1, 0.15) is 73.6 Å². The normalized spacial score (nSPS) is 10.7. The van der Waals surface area contributed by atoms with Gasteiger partial charge >= 0.3 is 5.97 Å². The van der Waals surface area contributed by atoms with Crippen LogP contribution in [-0.4, -0.2) is 17.5 Å². The van der Waals surface area contributed by atoms with Gasteiger partial charge in [0, 0.05) is 15.4 Å². The van der Waals surface area contributed by atoms with E-state index in [2.05, 4.69) is 12.1 Å². The van der Waals surface area contributed by atoms with Crippen LogP contribution in [0.3, 0.4) is 0 Å². The average Bonchev–Trinajstić information content (AvgIpc) is 2.90. The zero-order valence-electron chi connectivity index (χ0n) is 20.2. The largest absolute Gasteiger partial charge is 0.365 e. The molecule has 4 nitrogen and oxygen atoms in total. The number of ketones is 1. The van der Waals surface area contributed by atoms with Gasteiger partial charge in [0.05, 0.1) is 5.56 Å². The molecule has 34 heavy (non-hydrogen) atoms. The Morgan fingerprint density at radius 1 is 0.735 bits per heavy atom. The highest BCUT2D eigenvalue weighted by atomic mass is 32.2. The molecule has 0 unspecified atom stereocenters. The molecule has 0 aliphatic carbocycles. The van der Waals surface area contributed by atoms with E-state index in [9.17, 15) is 9.59 Å². The van der Waals surface area contributed by atoms with E-state index in [1.165, 1.54) is 0 Å². The first-order valence-corrected chi connectivity index (χ1v) is 12.7. The van der Waals surface area contributed by atoms with Gasteiger partial charge in [-0.3, -0.25) is 4.79 Å². The van der Waals surface area contributed by atoms with Gasteiger partial charge < -0.3 is 4.84 Å². The standard InChI is InChI=1S/C27H27NO3S.C2H6/c1-2-3-4-11-16-25(28-31-27(30)22-12-7-5-8-13-22)26(29)21-17-19-24(20-18-21)32-23-14-9-6-10-15-23;1-2/h5-10,12-15,17-20H,2-4,11,16H2,1H3;1-2H3/b28-25+;. The zero-order valence-corrected chi connectivity index (χ0v) is 21.0. The van der Waals surface area contributed by atoms with Crippen molar-refractivity contribution >= 4 is 29.2 Å². The van der Waals surface area contributed by atoms with E-state index in [1.807, 2.05) is 62.4 Å². The van der Waals surface area contributed by atoms with Gasteiger partial charge in [-0.05, 0) is 61.4 Å². The van der Waals surface area contributed by atoms with Crippen LogP contribution in [0, 0.1) is 0 Å². The molecule has 0 spiro atoms. The van der Waals surface area contributed by atoms with Gasteiger partial charge in [0.15, 0.2) is 0 Å². The van der Waals surface area contributed by atoms with Crippen molar-refractivity contribution in [2.75, 3.05) is 0 Å². The maximum Gasteiger partial charge on any atom is 0.365 e. The van der Waals surface area contributed by atoms with Gasteiger partial charge in [-0.1, -0.05) is 93.3 Å². The molecule has 5 heteroatoms. The summed E-state index contributed by atoms with van der Waals surface area (Å²) in [6.45, 7) is 6.14. The predicted molar refractivity (Wildman–Crippen MR) is 141 cm³/mol. The Kier molecular flexibility index (Phi) is 12.4. The van der Waals surface area contributed by atoms with Crippen molar-refractivity contribution < 1.29 is 14.4 Å². The number of oxime groups is 1. The Balaban J connectivity index is 0.00000199. The zero-order chi connectivity index (χ0) is 24.6. The Labute approximate surface area is 207 Å². The third-order valence-electron chi connectivity index (χ3n) is 4.87. The van der Waals surface area contributed by atoms with Crippen LogP contribution in [0.4, 0.5) is 0 Å². The van der Waals surface area contributed by atoms with Crippen LogP contribution in [0.2, 0.25) is 0 Å². The number of carbonyl (C=O) groups excluding carboxylic acids is 2. The van der Waals surface area contributed by atoms with Gasteiger partial charge in [0.1, 0.15) is 5.71 Å². The molecule has 0 saturated heterocycles. The molecule has 178 valence electrons. The fourth-order valence-corrected chi connectivity index (χ4v) is 3.95. The number of carbonyl (C=O) groups is 2. The molecule has 0 aliphatic rings. The van der Waals surface area contributed by atoms with Crippen molar-refractivity contribution in [3.8, 4) is 0 Å². The van der Waals surface area contributed by atoms with Crippen molar-refractivity contribution in [2.24, 2.45) is 5.16 Å². The third-order valence-corrected chi connectivity index (χ3v) is 5.89. The fourth-order valence-electron chi connectivity index (χ4n) is 3.11. The van der Waals surface area contributed by atoms with Crippen molar-refractivity contribution in [3.05, 3.63) is 96.1 Å². The van der Waals surface area contributed by atoms with Gasteiger partial charge in [-0.2, -0.15) is 0 Å². The summed E-state index contributed by atoms with van der Waals surface area (Å²) in [5.74, 6) is -0.780. The quantitative estimate of drug-likeness (QED) is 0.0921. The molecule has 3 aromatic rings. The van der Waals surface area contributed by atoms with E-state index in [4.69, 9.17) is 4.84 Å². The molecule has 0 fully saturated rings. The highest BCUT2D eigenvalue weighted by Gasteiger charge is 2.17. The van der Waals surface area contributed by atoms with E-state index in [-0.39, 0.29) is 11.5 Å². The SMILES string of the molecule is CC.CCCCCC/C(=N\OC(=O)c1ccccc1)C(=O)c1ccc(Sc2ccccc2)cc1. The lowest BCUT2D eigenvalue weighted by atomic mass is 10.0. The first-order chi connectivity index (χ1) is 16.7. The van der Waals surface area contributed by atoms with Gasteiger partial charge in [0.25, 0.3) is 0 Å². The topological polar surface area (TPSA) is 55.7 Å². The van der Waals surface area contributed by atoms with Crippen LogP contribution in [-0.2, 0) is 4.84 Å². The van der Waals surface area contributed by atoms with Crippen LogP contribution < -0.4 is 0 Å². The van der Waals surface area contributed by atoms with E-state index in [1.54, 1.807) is 48.2 Å². The molecule has 0 N–H and O–H groups in total. The highest BCUT2D eigenvalue weighted by molar-refractivity contribution is 7.99. The molecule has 3 rings (SSSR count). The molecule has 0 amide bonds. The second-order valence-electron chi connectivity index (χ2n) is 7.36. The van der Waals surface area contributed by atoms with Crippen molar-refractivity contribution in [2.45, 2.75) is 62.7 Å². The molecule has 0 radical (unpaired) electrons. The maximum atomic E-state index is 13.1. The first kappa shape index (κ1) is 27.1. The third kappa shape index (κ3) is 8.99. The molecule has 0 atom stereocenters. The highest BCUT2D eigenvalue weighted by Crippen LogP contribution is 2.27. The molecule has 0 aromatic heterocycles. The molecule has 0 bridgehead atoms. The van der Waals surface area contributed by atoms with E-state index in [0.29, 0.717) is 17.5 Å². The Bertz CT molecular complexity index is 1030. The fraction of sp³-hybridized carbons (Fsp3) is 0.276. The summed E-state index contributed by atoms with van der Waals surface area (Å²) < 4.78 is 0. The Morgan fingerprint density at radius 2 is 1.32 bits per heavy atom. The Hall–Kier alpha value is -3.18. The lowest BCUT2D eigenvalue weighted by Gasteiger charge is -2.07. The van der Waals surface area contributed by atoms with Crippen LogP contribution >= 0.6 is 11.8 Å². The summed E-state index contributed by atoms with van der Waals surface area (Å²) in [4.78, 5) is 32.7. The van der Waals surface area contributed by atoms with Gasteiger partial charge in [-0.15, -0.1) is 0 Å². The summed E-state index contributed by atoms with van der Waals surface area (Å²) in [6, 6.07) is 26.2. The minimum Gasteiger partial charge on any atom is -0.312 e. The van der Waals surface area contributed by atoms with Gasteiger partial charge in [0.2, 0.25) is 5.78 Å².